The number of aromatic nitrogens is 1. The van der Waals surface area contributed by atoms with E-state index in [1.807, 2.05) is 56.3 Å². The predicted molar refractivity (Wildman–Crippen MR) is 132 cm³/mol. The van der Waals surface area contributed by atoms with Crippen LogP contribution in [0.4, 0.5) is 11.4 Å². The van der Waals surface area contributed by atoms with E-state index in [-0.39, 0.29) is 11.3 Å². The molecule has 1 N–H and O–H groups in total. The number of carbonyl (C=O) groups excluding carboxylic acids is 2. The number of ether oxygens (including phenoxy) is 1. The van der Waals surface area contributed by atoms with Gasteiger partial charge in [0.15, 0.2) is 0 Å². The van der Waals surface area contributed by atoms with Gasteiger partial charge >= 0.3 is 0 Å². The summed E-state index contributed by atoms with van der Waals surface area (Å²) in [5, 5.41) is 11.1. The number of Topliss-reactive ketones (excluding diaryl/α,β-unsaturated/α-hetero) is 1. The zero-order valence-corrected chi connectivity index (χ0v) is 19.4. The summed E-state index contributed by atoms with van der Waals surface area (Å²) in [5.41, 5.74) is 2.66. The number of aliphatic hydroxyl groups is 1. The highest BCUT2D eigenvalue weighted by atomic mass is 16.5. The lowest BCUT2D eigenvalue weighted by Crippen LogP contribution is -2.29. The third kappa shape index (κ3) is 4.37. The molecule has 1 amide bonds. The molecular weight excluding hydrogens is 430 g/mol. The Morgan fingerprint density at radius 3 is 2.41 bits per heavy atom. The summed E-state index contributed by atoms with van der Waals surface area (Å²) < 4.78 is 5.75. The minimum Gasteiger partial charge on any atom is -0.507 e. The van der Waals surface area contributed by atoms with Gasteiger partial charge < -0.3 is 14.7 Å². The van der Waals surface area contributed by atoms with Crippen LogP contribution in [0.3, 0.4) is 0 Å². The summed E-state index contributed by atoms with van der Waals surface area (Å²) in [4.78, 5) is 33.9. The second-order valence-corrected chi connectivity index (χ2v) is 8.24. The quantitative estimate of drug-likeness (QED) is 0.318. The van der Waals surface area contributed by atoms with Gasteiger partial charge in [-0.3, -0.25) is 19.5 Å². The number of pyridine rings is 1. The Morgan fingerprint density at radius 1 is 1.06 bits per heavy atom. The van der Waals surface area contributed by atoms with Crippen LogP contribution in [0.1, 0.15) is 30.5 Å². The molecule has 7 heteroatoms. The lowest BCUT2D eigenvalue weighted by molar-refractivity contribution is -0.132. The minimum absolute atomic E-state index is 0.0358. The molecule has 1 aliphatic heterocycles. The Balaban J connectivity index is 1.88. The molecule has 0 bridgehead atoms. The molecule has 1 aromatic heterocycles. The molecule has 1 unspecified atom stereocenters. The predicted octanol–water partition coefficient (Wildman–Crippen LogP) is 4.56. The van der Waals surface area contributed by atoms with Crippen LogP contribution in [-0.4, -0.2) is 42.5 Å². The number of amides is 1. The Morgan fingerprint density at radius 2 is 1.76 bits per heavy atom. The van der Waals surface area contributed by atoms with E-state index in [2.05, 4.69) is 4.98 Å². The van der Waals surface area contributed by atoms with Gasteiger partial charge in [0.25, 0.3) is 11.7 Å². The first-order valence-electron chi connectivity index (χ1n) is 11.1. The van der Waals surface area contributed by atoms with Crippen molar-refractivity contribution in [2.45, 2.75) is 19.4 Å². The highest BCUT2D eigenvalue weighted by Crippen LogP contribution is 2.43. The van der Waals surface area contributed by atoms with Gasteiger partial charge in [0.05, 0.1) is 18.2 Å². The summed E-state index contributed by atoms with van der Waals surface area (Å²) in [6, 6.07) is 17.1. The zero-order chi connectivity index (χ0) is 24.2. The number of benzene rings is 2. The number of hydrogen-bond donors (Lipinski definition) is 1. The van der Waals surface area contributed by atoms with Gasteiger partial charge in [0, 0.05) is 49.5 Å². The molecule has 34 heavy (non-hydrogen) atoms. The van der Waals surface area contributed by atoms with E-state index in [0.717, 1.165) is 12.1 Å². The van der Waals surface area contributed by atoms with E-state index in [1.165, 1.54) is 17.3 Å². The molecule has 0 aliphatic carbocycles. The van der Waals surface area contributed by atoms with Gasteiger partial charge in [0.1, 0.15) is 11.5 Å². The molecule has 0 saturated carbocycles. The number of hydrogen-bond acceptors (Lipinski definition) is 6. The van der Waals surface area contributed by atoms with Crippen LogP contribution in [0.2, 0.25) is 0 Å². The smallest absolute Gasteiger partial charge is 0.300 e. The summed E-state index contributed by atoms with van der Waals surface area (Å²) in [7, 11) is 3.87. The van der Waals surface area contributed by atoms with E-state index in [1.54, 1.807) is 30.3 Å². The highest BCUT2D eigenvalue weighted by Gasteiger charge is 2.47. The average molecular weight is 458 g/mol. The summed E-state index contributed by atoms with van der Waals surface area (Å²) >= 11 is 0. The molecule has 2 heterocycles. The van der Waals surface area contributed by atoms with Gasteiger partial charge in [-0.1, -0.05) is 25.1 Å². The van der Waals surface area contributed by atoms with E-state index >= 15 is 0 Å². The summed E-state index contributed by atoms with van der Waals surface area (Å²) in [6.45, 7) is 2.55. The molecule has 1 aliphatic rings. The molecule has 3 aromatic rings. The second-order valence-electron chi connectivity index (χ2n) is 8.24. The largest absolute Gasteiger partial charge is 0.507 e. The number of anilines is 2. The van der Waals surface area contributed by atoms with Crippen LogP contribution in [0.25, 0.3) is 5.76 Å². The van der Waals surface area contributed by atoms with Crippen molar-refractivity contribution in [2.24, 2.45) is 0 Å². The number of nitrogens with zero attached hydrogens (tertiary/aromatic N) is 3. The zero-order valence-electron chi connectivity index (χ0n) is 19.4. The van der Waals surface area contributed by atoms with Crippen LogP contribution in [0.5, 0.6) is 5.75 Å². The summed E-state index contributed by atoms with van der Waals surface area (Å²) in [5.74, 6) is -1.07. The van der Waals surface area contributed by atoms with Gasteiger partial charge in [-0.15, -0.1) is 0 Å². The minimum atomic E-state index is -0.800. The van der Waals surface area contributed by atoms with E-state index in [0.29, 0.717) is 29.2 Å². The van der Waals surface area contributed by atoms with Crippen molar-refractivity contribution < 1.29 is 19.4 Å². The molecule has 0 radical (unpaired) electrons. The molecule has 174 valence electrons. The van der Waals surface area contributed by atoms with E-state index in [9.17, 15) is 14.7 Å². The third-order valence-electron chi connectivity index (χ3n) is 5.69. The number of ketones is 1. The van der Waals surface area contributed by atoms with Gasteiger partial charge in [0.2, 0.25) is 0 Å². The second kappa shape index (κ2) is 9.79. The van der Waals surface area contributed by atoms with Crippen LogP contribution in [0.15, 0.2) is 78.6 Å². The standard InChI is InChI=1S/C27H27N3O4/c1-4-16-34-22-7-5-6-21(17-22)30-24(18-8-10-20(11-9-18)29(2)3)23(26(32)27(30)33)25(31)19-12-14-28-15-13-19/h5-15,17,24,31H,4,16H2,1-3H3/b25-23+. The van der Waals surface area contributed by atoms with Crippen molar-refractivity contribution in [1.29, 1.82) is 0 Å². The molecular formula is C27H27N3O4. The lowest BCUT2D eigenvalue weighted by Gasteiger charge is -2.26. The first kappa shape index (κ1) is 23.0. The molecule has 2 aromatic carbocycles. The number of carbonyl (C=O) groups is 2. The molecule has 1 fully saturated rings. The van der Waals surface area contributed by atoms with E-state index in [4.69, 9.17) is 4.74 Å². The maximum atomic E-state index is 13.3. The van der Waals surface area contributed by atoms with Crippen LogP contribution in [-0.2, 0) is 9.59 Å². The maximum absolute atomic E-state index is 13.3. The van der Waals surface area contributed by atoms with Crippen LogP contribution >= 0.6 is 0 Å². The fraction of sp³-hybridized carbons (Fsp3) is 0.222. The SMILES string of the molecule is CCCOc1cccc(N2C(=O)C(=O)/C(=C(/O)c3ccncc3)C2c2ccc(N(C)C)cc2)c1. The van der Waals surface area contributed by atoms with Gasteiger partial charge in [-0.2, -0.15) is 0 Å². The fourth-order valence-electron chi connectivity index (χ4n) is 3.98. The Kier molecular flexibility index (Phi) is 6.63. The molecule has 1 saturated heterocycles. The van der Waals surface area contributed by atoms with Crippen LogP contribution < -0.4 is 14.5 Å². The molecule has 0 spiro atoms. The topological polar surface area (TPSA) is 83.0 Å². The van der Waals surface area contributed by atoms with Crippen molar-refractivity contribution in [2.75, 3.05) is 30.5 Å². The Bertz CT molecular complexity index is 1220. The maximum Gasteiger partial charge on any atom is 0.300 e. The molecule has 4 rings (SSSR count). The van der Waals surface area contributed by atoms with Crippen molar-refractivity contribution in [3.8, 4) is 5.75 Å². The number of rotatable bonds is 7. The van der Waals surface area contributed by atoms with Crippen molar-refractivity contribution in [3.05, 3.63) is 89.8 Å². The first-order valence-corrected chi connectivity index (χ1v) is 11.1. The van der Waals surface area contributed by atoms with Crippen molar-refractivity contribution in [3.63, 3.8) is 0 Å². The first-order chi connectivity index (χ1) is 16.4. The van der Waals surface area contributed by atoms with Gasteiger partial charge in [-0.25, -0.2) is 0 Å². The molecule has 1 atom stereocenters. The van der Waals surface area contributed by atoms with E-state index < -0.39 is 17.7 Å². The highest BCUT2D eigenvalue weighted by molar-refractivity contribution is 6.51. The average Bonchev–Trinajstić information content (AvgIpc) is 3.13. The van der Waals surface area contributed by atoms with Crippen molar-refractivity contribution in [1.82, 2.24) is 4.98 Å². The summed E-state index contributed by atoms with van der Waals surface area (Å²) in [6.07, 6.45) is 3.90. The Hall–Kier alpha value is -4.13. The third-order valence-corrected chi connectivity index (χ3v) is 5.69. The van der Waals surface area contributed by atoms with Gasteiger partial charge in [-0.05, 0) is 48.4 Å². The number of aliphatic hydroxyl groups excluding tert-OH is 1. The molecule has 7 nitrogen and oxygen atoms in total. The Labute approximate surface area is 198 Å². The normalized spacial score (nSPS) is 17.1. The van der Waals surface area contributed by atoms with Crippen molar-refractivity contribution >= 4 is 28.8 Å². The monoisotopic (exact) mass is 457 g/mol. The lowest BCUT2D eigenvalue weighted by atomic mass is 9.95. The van der Waals surface area contributed by atoms with Crippen LogP contribution in [0, 0.1) is 0 Å². The fourth-order valence-corrected chi connectivity index (χ4v) is 3.98.